The predicted molar refractivity (Wildman–Crippen MR) is 123 cm³/mol. The van der Waals surface area contributed by atoms with Crippen molar-refractivity contribution in [2.24, 2.45) is 0 Å². The molecule has 6 nitrogen and oxygen atoms in total. The summed E-state index contributed by atoms with van der Waals surface area (Å²) in [5.41, 5.74) is 4.92. The normalized spacial score (nSPS) is 22.6. The third-order valence-corrected chi connectivity index (χ3v) is 7.15. The van der Waals surface area contributed by atoms with E-state index in [-0.39, 0.29) is 18.1 Å². The molecule has 7 heteroatoms. The Labute approximate surface area is 185 Å². The number of benzene rings is 2. The maximum atomic E-state index is 13.2. The van der Waals surface area contributed by atoms with Crippen molar-refractivity contribution in [1.29, 1.82) is 0 Å². The van der Waals surface area contributed by atoms with Crippen molar-refractivity contribution in [3.8, 4) is 11.1 Å². The number of amides is 2. The number of fused-ring (bicyclic) bond motifs is 2. The van der Waals surface area contributed by atoms with Crippen molar-refractivity contribution in [3.05, 3.63) is 59.7 Å². The molecule has 0 aliphatic carbocycles. The Morgan fingerprint density at radius 2 is 1.77 bits per heavy atom. The van der Waals surface area contributed by atoms with E-state index < -0.39 is 10.0 Å². The fourth-order valence-electron chi connectivity index (χ4n) is 5.00. The van der Waals surface area contributed by atoms with Gasteiger partial charge in [-0.3, -0.25) is 0 Å². The minimum absolute atomic E-state index is 0.00679. The lowest BCUT2D eigenvalue weighted by Gasteiger charge is -2.43. The van der Waals surface area contributed by atoms with Gasteiger partial charge in [-0.2, -0.15) is 0 Å². The zero-order valence-electron chi connectivity index (χ0n) is 18.3. The van der Waals surface area contributed by atoms with Gasteiger partial charge in [-0.25, -0.2) is 17.9 Å². The highest BCUT2D eigenvalue weighted by atomic mass is 32.2. The first-order chi connectivity index (χ1) is 14.8. The quantitative estimate of drug-likeness (QED) is 0.795. The third kappa shape index (κ3) is 4.93. The van der Waals surface area contributed by atoms with Crippen LogP contribution in [0, 0.1) is 0 Å². The number of nitrogens with one attached hydrogen (secondary N) is 1. The molecule has 31 heavy (non-hydrogen) atoms. The Hall–Kier alpha value is -2.38. The molecule has 0 aromatic heterocycles. The van der Waals surface area contributed by atoms with Gasteiger partial charge in [-0.05, 0) is 54.4 Å². The van der Waals surface area contributed by atoms with Crippen LogP contribution in [0.5, 0.6) is 0 Å². The lowest BCUT2D eigenvalue weighted by molar-refractivity contribution is 0.108. The third-order valence-electron chi connectivity index (χ3n) is 6.42. The van der Waals surface area contributed by atoms with Crippen LogP contribution in [-0.2, 0) is 22.9 Å². The van der Waals surface area contributed by atoms with Crippen molar-refractivity contribution in [2.75, 3.05) is 26.4 Å². The minimum atomic E-state index is -3.37. The molecule has 0 saturated carbocycles. The van der Waals surface area contributed by atoms with Gasteiger partial charge in [0.25, 0.3) is 0 Å². The van der Waals surface area contributed by atoms with Crippen molar-refractivity contribution in [1.82, 2.24) is 14.5 Å². The second-order valence-electron chi connectivity index (χ2n) is 8.72. The van der Waals surface area contributed by atoms with Gasteiger partial charge in [0.1, 0.15) is 0 Å². The largest absolute Gasteiger partial charge is 0.328 e. The molecule has 4 rings (SSSR count). The van der Waals surface area contributed by atoms with Gasteiger partial charge in [0.05, 0.1) is 12.3 Å². The van der Waals surface area contributed by atoms with Gasteiger partial charge < -0.3 is 9.80 Å². The highest BCUT2D eigenvalue weighted by Crippen LogP contribution is 2.31. The van der Waals surface area contributed by atoms with Crippen LogP contribution in [0.2, 0.25) is 0 Å². The van der Waals surface area contributed by atoms with Crippen LogP contribution >= 0.6 is 0 Å². The number of carbonyl (C=O) groups is 1. The van der Waals surface area contributed by atoms with Gasteiger partial charge in [0.2, 0.25) is 10.0 Å². The molecule has 2 aromatic carbocycles. The lowest BCUT2D eigenvalue weighted by atomic mass is 9.85. The maximum Gasteiger partial charge on any atom is 0.320 e. The number of hydrogen-bond acceptors (Lipinski definition) is 3. The molecule has 2 atom stereocenters. The second kappa shape index (κ2) is 9.01. The molecule has 2 unspecified atom stereocenters. The molecule has 2 aliphatic rings. The summed E-state index contributed by atoms with van der Waals surface area (Å²) in [4.78, 5) is 16.9. The lowest BCUT2D eigenvalue weighted by Crippen LogP contribution is -2.60. The topological polar surface area (TPSA) is 69.7 Å². The molecule has 166 valence electrons. The summed E-state index contributed by atoms with van der Waals surface area (Å²) in [6.45, 7) is 1.33. The molecule has 0 bridgehead atoms. The number of carbonyl (C=O) groups excluding carboxylic acids is 1. The average molecular weight is 442 g/mol. The predicted octanol–water partition coefficient (Wildman–Crippen LogP) is 3.28. The summed E-state index contributed by atoms with van der Waals surface area (Å²) in [7, 11) is -1.53. The second-order valence-corrected chi connectivity index (χ2v) is 10.5. The summed E-state index contributed by atoms with van der Waals surface area (Å²) >= 11 is 0. The maximum absolute atomic E-state index is 13.2. The van der Waals surface area contributed by atoms with E-state index in [0.29, 0.717) is 19.5 Å². The number of nitrogens with zero attached hydrogens (tertiary/aromatic N) is 2. The SMILES string of the molecule is CN1CCCc2c(cccc2-c2ccccc2)CC2C(NS(C)(=O)=O)CCCN2C1=O. The fraction of sp³-hybridized carbons (Fsp3) is 0.458. The van der Waals surface area contributed by atoms with Crippen LogP contribution < -0.4 is 4.72 Å². The number of rotatable bonds is 3. The van der Waals surface area contributed by atoms with Crippen LogP contribution in [-0.4, -0.2) is 62.7 Å². The first kappa shape index (κ1) is 21.8. The number of hydrogen-bond donors (Lipinski definition) is 1. The fourth-order valence-corrected chi connectivity index (χ4v) is 5.83. The summed E-state index contributed by atoms with van der Waals surface area (Å²) in [5.74, 6) is 0. The van der Waals surface area contributed by atoms with E-state index in [1.165, 1.54) is 28.5 Å². The number of piperidine rings is 1. The van der Waals surface area contributed by atoms with Crippen LogP contribution in [0.15, 0.2) is 48.5 Å². The van der Waals surface area contributed by atoms with Crippen molar-refractivity contribution < 1.29 is 13.2 Å². The Bertz CT molecular complexity index is 1040. The summed E-state index contributed by atoms with van der Waals surface area (Å²) in [6, 6.07) is 16.3. The zero-order chi connectivity index (χ0) is 22.0. The molecule has 0 radical (unpaired) electrons. The van der Waals surface area contributed by atoms with Gasteiger partial charge >= 0.3 is 6.03 Å². The molecule has 1 N–H and O–H groups in total. The van der Waals surface area contributed by atoms with Crippen LogP contribution in [0.3, 0.4) is 0 Å². The minimum Gasteiger partial charge on any atom is -0.328 e. The number of sulfonamides is 1. The highest BCUT2D eigenvalue weighted by Gasteiger charge is 2.37. The molecule has 1 saturated heterocycles. The van der Waals surface area contributed by atoms with E-state index in [2.05, 4.69) is 47.2 Å². The smallest absolute Gasteiger partial charge is 0.320 e. The molecular formula is C24H31N3O3S. The van der Waals surface area contributed by atoms with E-state index in [9.17, 15) is 13.2 Å². The Balaban J connectivity index is 1.78. The molecule has 2 aromatic rings. The van der Waals surface area contributed by atoms with Crippen LogP contribution in [0.25, 0.3) is 11.1 Å². The molecule has 0 spiro atoms. The summed E-state index contributed by atoms with van der Waals surface area (Å²) in [5, 5.41) is 0. The summed E-state index contributed by atoms with van der Waals surface area (Å²) in [6.07, 6.45) is 5.14. The molecule has 2 heterocycles. The monoisotopic (exact) mass is 441 g/mol. The molecular weight excluding hydrogens is 410 g/mol. The molecule has 2 amide bonds. The van der Waals surface area contributed by atoms with E-state index in [4.69, 9.17) is 0 Å². The van der Waals surface area contributed by atoms with Crippen LogP contribution in [0.1, 0.15) is 30.4 Å². The highest BCUT2D eigenvalue weighted by molar-refractivity contribution is 7.88. The summed E-state index contributed by atoms with van der Waals surface area (Å²) < 4.78 is 26.9. The molecule has 2 aliphatic heterocycles. The number of urea groups is 1. The van der Waals surface area contributed by atoms with Gasteiger partial charge in [0.15, 0.2) is 0 Å². The van der Waals surface area contributed by atoms with Crippen LogP contribution in [0.4, 0.5) is 4.79 Å². The van der Waals surface area contributed by atoms with E-state index in [0.717, 1.165) is 25.7 Å². The standard InChI is InChI=1S/C24H31N3O3S/c1-26-15-7-13-21-19(11-6-12-20(21)18-9-4-3-5-10-18)17-23-22(25-31(2,29)30)14-8-16-27(23)24(26)28/h3-6,9-12,22-23,25H,7-8,13-17H2,1-2H3. The van der Waals surface area contributed by atoms with E-state index in [1.54, 1.807) is 4.90 Å². The Morgan fingerprint density at radius 3 is 2.52 bits per heavy atom. The van der Waals surface area contributed by atoms with Gasteiger partial charge in [-0.15, -0.1) is 0 Å². The molecule has 1 fully saturated rings. The average Bonchev–Trinajstić information content (AvgIpc) is 2.74. The Kier molecular flexibility index (Phi) is 6.34. The van der Waals surface area contributed by atoms with Gasteiger partial charge in [0, 0.05) is 26.2 Å². The van der Waals surface area contributed by atoms with Crippen molar-refractivity contribution >= 4 is 16.1 Å². The van der Waals surface area contributed by atoms with E-state index in [1.807, 2.05) is 18.0 Å². The van der Waals surface area contributed by atoms with E-state index >= 15 is 0 Å². The van der Waals surface area contributed by atoms with Crippen molar-refractivity contribution in [3.63, 3.8) is 0 Å². The zero-order valence-corrected chi connectivity index (χ0v) is 19.1. The first-order valence-electron chi connectivity index (χ1n) is 11.0. The first-order valence-corrected chi connectivity index (χ1v) is 12.9. The Morgan fingerprint density at radius 1 is 1.00 bits per heavy atom. The van der Waals surface area contributed by atoms with Crippen molar-refractivity contribution in [2.45, 2.75) is 44.2 Å². The van der Waals surface area contributed by atoms with Gasteiger partial charge in [-0.1, -0.05) is 48.5 Å².